The van der Waals surface area contributed by atoms with Crippen LogP contribution in [0.1, 0.15) is 15.9 Å². The molecule has 70 heavy (non-hydrogen) atoms. The van der Waals surface area contributed by atoms with E-state index < -0.39 is 0 Å². The van der Waals surface area contributed by atoms with Crippen LogP contribution in [0.15, 0.2) is 205 Å². The van der Waals surface area contributed by atoms with Crippen LogP contribution in [0.4, 0.5) is 5.95 Å². The molecule has 11 nitrogen and oxygen atoms in total. The van der Waals surface area contributed by atoms with E-state index in [1.165, 1.54) is 0 Å². The Kier molecular flexibility index (Phi) is 7.88. The molecular weight excluding hydrogens is 867 g/mol. The summed E-state index contributed by atoms with van der Waals surface area (Å²) < 4.78 is 8.14. The van der Waals surface area contributed by atoms with Gasteiger partial charge in [0.05, 0.1) is 50.7 Å². The lowest BCUT2D eigenvalue weighted by atomic mass is 9.91. The summed E-state index contributed by atoms with van der Waals surface area (Å²) in [7, 11) is 0. The number of fused-ring (bicyclic) bond motifs is 7. The predicted octanol–water partition coefficient (Wildman–Crippen LogP) is 12.1. The van der Waals surface area contributed by atoms with E-state index in [1.807, 2.05) is 132 Å². The number of carbonyl (C=O) groups excluding carboxylic acids is 1. The van der Waals surface area contributed by atoms with E-state index in [0.717, 1.165) is 83.0 Å². The van der Waals surface area contributed by atoms with Gasteiger partial charge in [-0.3, -0.25) is 32.6 Å². The molecule has 1 aliphatic heterocycles. The second kappa shape index (κ2) is 14.4. The third kappa shape index (κ3) is 5.33. The zero-order chi connectivity index (χ0) is 46.2. The third-order valence-electron chi connectivity index (χ3n) is 14.0. The first-order valence-corrected chi connectivity index (χ1v) is 23.2. The Balaban J connectivity index is 0.992. The zero-order valence-corrected chi connectivity index (χ0v) is 37.1. The van der Waals surface area contributed by atoms with Gasteiger partial charge in [0, 0.05) is 55.3 Å². The van der Waals surface area contributed by atoms with Gasteiger partial charge in [0.15, 0.2) is 0 Å². The summed E-state index contributed by atoms with van der Waals surface area (Å²) in [5, 5.41) is 2.78. The summed E-state index contributed by atoms with van der Waals surface area (Å²) in [5.41, 5.74) is 12.6. The molecule has 0 N–H and O–H groups in total. The van der Waals surface area contributed by atoms with Crippen molar-refractivity contribution in [3.05, 3.63) is 222 Å². The first kappa shape index (κ1) is 38.4. The number of hydrogen-bond donors (Lipinski definition) is 0. The first-order chi connectivity index (χ1) is 34.6. The fourth-order valence-corrected chi connectivity index (χ4v) is 10.9. The molecular formula is C59H35N9O2. The van der Waals surface area contributed by atoms with Crippen LogP contribution in [0, 0.1) is 0 Å². The largest absolute Gasteiger partial charge is 0.292 e. The van der Waals surface area contributed by atoms with Crippen molar-refractivity contribution in [2.24, 2.45) is 0 Å². The number of nitrogens with zero attached hydrogens (tertiary/aromatic N) is 9. The molecule has 0 aliphatic carbocycles. The highest BCUT2D eigenvalue weighted by Crippen LogP contribution is 2.43. The molecule has 15 rings (SSSR count). The minimum absolute atomic E-state index is 0.188. The number of rotatable bonds is 6. The topological polar surface area (TPSA) is 108 Å². The Morgan fingerprint density at radius 3 is 1.49 bits per heavy atom. The molecule has 14 aromatic rings. The summed E-state index contributed by atoms with van der Waals surface area (Å²) in [6, 6.07) is 66.5. The van der Waals surface area contributed by atoms with Crippen LogP contribution in [0.3, 0.4) is 0 Å². The molecule has 9 aromatic carbocycles. The third-order valence-corrected chi connectivity index (χ3v) is 14.0. The molecule has 0 saturated heterocycles. The van der Waals surface area contributed by atoms with Crippen LogP contribution in [0.5, 0.6) is 0 Å². The molecule has 1 aliphatic rings. The molecule has 0 unspecified atom stereocenters. The molecule has 1 amide bonds. The average molecular weight is 902 g/mol. The summed E-state index contributed by atoms with van der Waals surface area (Å²) in [5.74, 6) is 1.74. The van der Waals surface area contributed by atoms with Crippen LogP contribution in [-0.2, 0) is 6.54 Å². The Morgan fingerprint density at radius 2 is 0.886 bits per heavy atom. The monoisotopic (exact) mass is 901 g/mol. The minimum Gasteiger partial charge on any atom is -0.292 e. The van der Waals surface area contributed by atoms with Crippen molar-refractivity contribution >= 4 is 83.2 Å². The number of aromatic nitrogens is 8. The molecule has 0 atom stereocenters. The first-order valence-electron chi connectivity index (χ1n) is 23.2. The number of hydrogen-bond acceptors (Lipinski definition) is 6. The van der Waals surface area contributed by atoms with Gasteiger partial charge in [-0.1, -0.05) is 103 Å². The van der Waals surface area contributed by atoms with E-state index in [-0.39, 0.29) is 18.0 Å². The van der Waals surface area contributed by atoms with Gasteiger partial charge in [0.25, 0.3) is 11.5 Å². The molecule has 0 saturated carbocycles. The van der Waals surface area contributed by atoms with Gasteiger partial charge < -0.3 is 0 Å². The van der Waals surface area contributed by atoms with Crippen LogP contribution >= 0.6 is 0 Å². The number of benzene rings is 9. The standard InChI is InChI=1S/C59H35N9O2/c69-57-40-30-31-41-53-39(29-28-35(52(40)53)34-64(57)59-63-46-24-12-15-27-50(46)67(59)38-20-8-3-9-21-38)54-62-47-32-42(55-60-44-22-10-13-25-48(44)65(55)36-16-4-1-5-17-36)43(33-51(47)68(54)58(41)70)56-61-45-23-11-14-26-49(45)66(56)37-18-6-2-7-19-37/h1-33H,34H2. The normalized spacial score (nSPS) is 12.9. The lowest BCUT2D eigenvalue weighted by molar-refractivity contribution is 0.0982. The van der Waals surface area contributed by atoms with Crippen LogP contribution < -0.4 is 10.5 Å². The molecule has 0 fully saturated rings. The molecule has 0 radical (unpaired) electrons. The van der Waals surface area contributed by atoms with Crippen LogP contribution in [0.25, 0.3) is 111 Å². The summed E-state index contributed by atoms with van der Waals surface area (Å²) >= 11 is 0. The van der Waals surface area contributed by atoms with Gasteiger partial charge in [-0.15, -0.1) is 0 Å². The second-order valence-electron chi connectivity index (χ2n) is 17.8. The van der Waals surface area contributed by atoms with Gasteiger partial charge in [-0.2, -0.15) is 0 Å². The van der Waals surface area contributed by atoms with E-state index in [0.29, 0.717) is 45.2 Å². The van der Waals surface area contributed by atoms with E-state index in [9.17, 15) is 4.79 Å². The van der Waals surface area contributed by atoms with Crippen LogP contribution in [0.2, 0.25) is 0 Å². The summed E-state index contributed by atoms with van der Waals surface area (Å²) in [4.78, 5) is 53.1. The van der Waals surface area contributed by atoms with E-state index in [1.54, 1.807) is 21.4 Å². The maximum atomic E-state index is 15.3. The van der Waals surface area contributed by atoms with Crippen molar-refractivity contribution in [3.8, 4) is 39.8 Å². The number of anilines is 1. The minimum atomic E-state index is -0.221. The quantitative estimate of drug-likeness (QED) is 0.164. The highest BCUT2D eigenvalue weighted by molar-refractivity contribution is 6.25. The van der Waals surface area contributed by atoms with Gasteiger partial charge in [-0.25, -0.2) is 19.9 Å². The number of carbonyl (C=O) groups is 1. The highest BCUT2D eigenvalue weighted by atomic mass is 16.2. The lowest BCUT2D eigenvalue weighted by Gasteiger charge is -2.29. The molecule has 11 heteroatoms. The highest BCUT2D eigenvalue weighted by Gasteiger charge is 2.33. The van der Waals surface area contributed by atoms with Gasteiger partial charge in [0.2, 0.25) is 5.95 Å². The molecule has 5 aromatic heterocycles. The molecule has 328 valence electrons. The maximum absolute atomic E-state index is 15.3. The van der Waals surface area contributed by atoms with Crippen molar-refractivity contribution in [2.45, 2.75) is 6.54 Å². The van der Waals surface area contributed by atoms with Crippen molar-refractivity contribution in [1.29, 1.82) is 0 Å². The number of amides is 1. The number of pyridine rings is 1. The Morgan fingerprint density at radius 1 is 0.386 bits per heavy atom. The average Bonchev–Trinajstić information content (AvgIpc) is 4.20. The van der Waals surface area contributed by atoms with E-state index in [2.05, 4.69) is 69.8 Å². The van der Waals surface area contributed by atoms with Crippen LogP contribution in [-0.4, -0.2) is 43.9 Å². The van der Waals surface area contributed by atoms with Crippen molar-refractivity contribution in [1.82, 2.24) is 38.0 Å². The second-order valence-corrected chi connectivity index (χ2v) is 17.8. The smallest absolute Gasteiger partial charge is 0.264 e. The fourth-order valence-electron chi connectivity index (χ4n) is 10.9. The SMILES string of the molecule is O=C1c2ccc3c(=O)n4c5cc(-c6nc7ccccc7n6-c6ccccc6)c(-c6nc7ccccc7n6-c6ccccc6)cc5nc4c4ccc(c2c34)CN1c1nc2ccccc2n1-c1ccccc1. The summed E-state index contributed by atoms with van der Waals surface area (Å²) in [6.07, 6.45) is 0. The van der Waals surface area contributed by atoms with Gasteiger partial charge in [-0.05, 0) is 103 Å². The van der Waals surface area contributed by atoms with E-state index >= 15 is 4.79 Å². The van der Waals surface area contributed by atoms with Crippen molar-refractivity contribution in [3.63, 3.8) is 0 Å². The lowest BCUT2D eigenvalue weighted by Crippen LogP contribution is -2.36. The Labute approximate surface area is 397 Å². The Hall–Kier alpha value is -9.74. The van der Waals surface area contributed by atoms with Gasteiger partial charge >= 0.3 is 0 Å². The number of para-hydroxylation sites is 9. The van der Waals surface area contributed by atoms with E-state index in [4.69, 9.17) is 19.9 Å². The Bertz CT molecular complexity index is 4550. The maximum Gasteiger partial charge on any atom is 0.264 e. The van der Waals surface area contributed by atoms with Gasteiger partial charge in [0.1, 0.15) is 17.3 Å². The predicted molar refractivity (Wildman–Crippen MR) is 277 cm³/mol. The molecule has 0 bridgehead atoms. The number of imidazole rings is 4. The molecule has 0 spiro atoms. The fraction of sp³-hybridized carbons (Fsp3) is 0.0169. The summed E-state index contributed by atoms with van der Waals surface area (Å²) in [6.45, 7) is 0.268. The van der Waals surface area contributed by atoms with Crippen molar-refractivity contribution in [2.75, 3.05) is 4.90 Å². The zero-order valence-electron chi connectivity index (χ0n) is 37.1. The van der Waals surface area contributed by atoms with Crippen molar-refractivity contribution < 1.29 is 4.79 Å². The molecule has 6 heterocycles.